The van der Waals surface area contributed by atoms with E-state index in [0.717, 1.165) is 14.8 Å². The highest BCUT2D eigenvalue weighted by Crippen LogP contribution is 2.38. The number of thioether (sulfide) groups is 1. The van der Waals surface area contributed by atoms with Crippen molar-refractivity contribution in [1.82, 2.24) is 5.32 Å². The predicted octanol–water partition coefficient (Wildman–Crippen LogP) is 6.26. The maximum atomic E-state index is 12.9. The molecule has 1 heterocycles. The third-order valence-corrected chi connectivity index (χ3v) is 8.51. The van der Waals surface area contributed by atoms with E-state index < -0.39 is 10.1 Å². The second-order valence-electron chi connectivity index (χ2n) is 7.57. The quantitative estimate of drug-likeness (QED) is 0.174. The zero-order chi connectivity index (χ0) is 25.9. The van der Waals surface area contributed by atoms with E-state index >= 15 is 0 Å². The Morgan fingerprint density at radius 1 is 1.06 bits per heavy atom. The lowest BCUT2D eigenvalue weighted by atomic mass is 10.2. The van der Waals surface area contributed by atoms with Crippen molar-refractivity contribution < 1.29 is 22.1 Å². The summed E-state index contributed by atoms with van der Waals surface area (Å²) in [6, 6.07) is 17.5. The third-order valence-electron chi connectivity index (χ3n) is 4.84. The highest BCUT2D eigenvalue weighted by Gasteiger charge is 2.25. The normalized spacial score (nSPS) is 15.8. The number of benzene rings is 3. The summed E-state index contributed by atoms with van der Waals surface area (Å²) in [7, 11) is -4.06. The van der Waals surface area contributed by atoms with Crippen LogP contribution in [0.4, 0.5) is 5.69 Å². The van der Waals surface area contributed by atoms with Gasteiger partial charge >= 0.3 is 10.1 Å². The highest BCUT2D eigenvalue weighted by molar-refractivity contribution is 14.1. The minimum atomic E-state index is -4.06. The summed E-state index contributed by atoms with van der Waals surface area (Å²) in [4.78, 5) is 17.5. The first-order valence-electron chi connectivity index (χ1n) is 10.7. The van der Waals surface area contributed by atoms with Crippen molar-refractivity contribution in [3.63, 3.8) is 0 Å². The van der Waals surface area contributed by atoms with Crippen LogP contribution >= 0.6 is 56.9 Å². The van der Waals surface area contributed by atoms with Crippen molar-refractivity contribution in [2.24, 2.45) is 4.99 Å². The molecule has 11 heteroatoms. The number of carbonyl (C=O) groups excluding carboxylic acids is 1. The van der Waals surface area contributed by atoms with Gasteiger partial charge in [-0.2, -0.15) is 8.42 Å². The Morgan fingerprint density at radius 2 is 1.75 bits per heavy atom. The van der Waals surface area contributed by atoms with Gasteiger partial charge in [-0.3, -0.25) is 4.79 Å². The lowest BCUT2D eigenvalue weighted by Gasteiger charge is -2.14. The predicted molar refractivity (Wildman–Crippen MR) is 159 cm³/mol. The number of halogens is 2. The molecule has 3 aromatic carbocycles. The average Bonchev–Trinajstić information content (AvgIpc) is 3.16. The smallest absolute Gasteiger partial charge is 0.339 e. The van der Waals surface area contributed by atoms with E-state index in [1.165, 1.54) is 23.9 Å². The standard InChI is InChI=1S/C25H20I2N2O5S2/c1-3-33-21-13-16(12-20(27)23(21)34-36(31,32)19-10-4-15(2)5-11-19)14-22-24(30)29-25(35-22)28-18-8-6-17(26)7-9-18/h4-14H,3H2,1-2H3,(H,28,29,30)/b22-14+. The van der Waals surface area contributed by atoms with Gasteiger partial charge in [0, 0.05) is 3.57 Å². The molecule has 1 saturated heterocycles. The van der Waals surface area contributed by atoms with E-state index in [4.69, 9.17) is 8.92 Å². The van der Waals surface area contributed by atoms with Crippen LogP contribution in [-0.2, 0) is 14.9 Å². The van der Waals surface area contributed by atoms with Gasteiger partial charge in [-0.15, -0.1) is 0 Å². The maximum Gasteiger partial charge on any atom is 0.339 e. The Balaban J connectivity index is 1.62. The second kappa shape index (κ2) is 11.5. The van der Waals surface area contributed by atoms with E-state index in [1.54, 1.807) is 37.3 Å². The van der Waals surface area contributed by atoms with Crippen LogP contribution in [0.3, 0.4) is 0 Å². The van der Waals surface area contributed by atoms with Crippen LogP contribution < -0.4 is 14.2 Å². The van der Waals surface area contributed by atoms with E-state index in [2.05, 4.69) is 32.9 Å². The number of nitrogens with one attached hydrogen (secondary N) is 1. The van der Waals surface area contributed by atoms with Crippen molar-refractivity contribution in [3.05, 3.63) is 83.8 Å². The van der Waals surface area contributed by atoms with Gasteiger partial charge in [0.2, 0.25) is 0 Å². The molecule has 1 N–H and O–H groups in total. The SMILES string of the molecule is CCOc1cc(/C=C2/SC(=Nc3ccc(I)cc3)NC2=O)cc(I)c1OS(=O)(=O)c1ccc(C)cc1. The van der Waals surface area contributed by atoms with Gasteiger partial charge in [-0.1, -0.05) is 17.7 Å². The first-order chi connectivity index (χ1) is 17.1. The summed E-state index contributed by atoms with van der Waals surface area (Å²) in [6.07, 6.45) is 1.71. The lowest BCUT2D eigenvalue weighted by molar-refractivity contribution is -0.115. The fraction of sp³-hybridized carbons (Fsp3) is 0.120. The van der Waals surface area contributed by atoms with Crippen LogP contribution in [0.2, 0.25) is 0 Å². The molecule has 186 valence electrons. The topological polar surface area (TPSA) is 94.1 Å². The molecule has 1 amide bonds. The molecular weight excluding hydrogens is 726 g/mol. The molecule has 0 saturated carbocycles. The van der Waals surface area contributed by atoms with Crippen molar-refractivity contribution >= 4 is 89.9 Å². The van der Waals surface area contributed by atoms with Crippen LogP contribution in [0.5, 0.6) is 11.5 Å². The molecule has 0 aliphatic carbocycles. The first-order valence-corrected chi connectivity index (χ1v) is 15.1. The number of nitrogens with zero attached hydrogens (tertiary/aromatic N) is 1. The molecule has 0 aromatic heterocycles. The second-order valence-corrected chi connectivity index (χ2v) is 12.6. The summed E-state index contributed by atoms with van der Waals surface area (Å²) < 4.78 is 38.6. The Hall–Kier alpha value is -2.10. The molecule has 1 fully saturated rings. The summed E-state index contributed by atoms with van der Waals surface area (Å²) in [5, 5.41) is 3.26. The molecule has 0 unspecified atom stereocenters. The van der Waals surface area contributed by atoms with Crippen LogP contribution in [0.15, 0.2) is 75.5 Å². The number of aryl methyl sites for hydroxylation is 1. The van der Waals surface area contributed by atoms with Gasteiger partial charge in [0.25, 0.3) is 5.91 Å². The molecule has 1 aliphatic rings. The molecule has 36 heavy (non-hydrogen) atoms. The largest absolute Gasteiger partial charge is 0.490 e. The van der Waals surface area contributed by atoms with Crippen LogP contribution in [0.1, 0.15) is 18.1 Å². The molecule has 4 rings (SSSR count). The minimum Gasteiger partial charge on any atom is -0.490 e. The third kappa shape index (κ3) is 6.61. The molecule has 7 nitrogen and oxygen atoms in total. The zero-order valence-electron chi connectivity index (χ0n) is 19.1. The monoisotopic (exact) mass is 746 g/mol. The lowest BCUT2D eigenvalue weighted by Crippen LogP contribution is -2.19. The number of hydrogen-bond acceptors (Lipinski definition) is 7. The Kier molecular flexibility index (Phi) is 8.63. The zero-order valence-corrected chi connectivity index (χ0v) is 25.1. The number of hydrogen-bond donors (Lipinski definition) is 1. The van der Waals surface area contributed by atoms with Gasteiger partial charge in [0.15, 0.2) is 16.7 Å². The van der Waals surface area contributed by atoms with Gasteiger partial charge < -0.3 is 14.2 Å². The Labute approximate surface area is 241 Å². The van der Waals surface area contributed by atoms with Crippen molar-refractivity contribution in [2.75, 3.05) is 6.61 Å². The van der Waals surface area contributed by atoms with E-state index in [9.17, 15) is 13.2 Å². The Bertz CT molecular complexity index is 1470. The fourth-order valence-electron chi connectivity index (χ4n) is 3.14. The van der Waals surface area contributed by atoms with Crippen LogP contribution in [-0.4, -0.2) is 26.1 Å². The van der Waals surface area contributed by atoms with E-state index in [1.807, 2.05) is 53.8 Å². The summed E-state index contributed by atoms with van der Waals surface area (Å²) >= 11 is 5.45. The average molecular weight is 746 g/mol. The van der Waals surface area contributed by atoms with Crippen molar-refractivity contribution in [2.45, 2.75) is 18.7 Å². The summed E-state index contributed by atoms with van der Waals surface area (Å²) in [5.74, 6) is 0.104. The molecule has 0 spiro atoms. The van der Waals surface area contributed by atoms with E-state index in [-0.39, 0.29) is 22.3 Å². The van der Waals surface area contributed by atoms with Gasteiger partial charge in [-0.25, -0.2) is 4.99 Å². The summed E-state index contributed by atoms with van der Waals surface area (Å²) in [6.45, 7) is 3.98. The molecule has 0 radical (unpaired) electrons. The van der Waals surface area contributed by atoms with Gasteiger partial charge in [-0.05, 0) is 131 Å². The van der Waals surface area contributed by atoms with Crippen molar-refractivity contribution in [1.29, 1.82) is 0 Å². The first kappa shape index (κ1) is 26.9. The molecule has 0 bridgehead atoms. The number of aliphatic imine (C=N–C) groups is 1. The minimum absolute atomic E-state index is 0.0523. The highest BCUT2D eigenvalue weighted by atomic mass is 127. The van der Waals surface area contributed by atoms with Crippen LogP contribution in [0, 0.1) is 14.1 Å². The number of ether oxygens (including phenoxy) is 1. The molecule has 1 aliphatic heterocycles. The molecule has 3 aromatic rings. The number of carbonyl (C=O) groups is 1. The number of amides is 1. The number of amidine groups is 1. The van der Waals surface area contributed by atoms with Crippen LogP contribution in [0.25, 0.3) is 6.08 Å². The molecular formula is C25H20I2N2O5S2. The fourth-order valence-corrected chi connectivity index (χ4v) is 6.19. The van der Waals surface area contributed by atoms with Gasteiger partial charge in [0.1, 0.15) is 4.90 Å². The number of rotatable bonds is 7. The summed E-state index contributed by atoms with van der Waals surface area (Å²) in [5.41, 5.74) is 2.34. The van der Waals surface area contributed by atoms with E-state index in [0.29, 0.717) is 25.8 Å². The van der Waals surface area contributed by atoms with Gasteiger partial charge in [0.05, 0.1) is 20.8 Å². The Morgan fingerprint density at radius 3 is 2.42 bits per heavy atom. The molecule has 0 atom stereocenters. The van der Waals surface area contributed by atoms with Crippen molar-refractivity contribution in [3.8, 4) is 11.5 Å². The maximum absolute atomic E-state index is 12.9.